The van der Waals surface area contributed by atoms with Crippen molar-refractivity contribution in [3.8, 4) is 0 Å². The minimum Gasteiger partial charge on any atom is -0.389 e. The molecule has 1 rings (SSSR count). The minimum absolute atomic E-state index is 0.156. The number of aromatic nitrogens is 1. The summed E-state index contributed by atoms with van der Waals surface area (Å²) >= 11 is 1.60. The number of hydrogen-bond acceptors (Lipinski definition) is 6. The molecule has 0 saturated heterocycles. The first-order valence-electron chi connectivity index (χ1n) is 5.61. The molecule has 6 heteroatoms. The van der Waals surface area contributed by atoms with E-state index in [1.165, 1.54) is 0 Å². The topological polar surface area (TPSA) is 63.6 Å². The lowest BCUT2D eigenvalue weighted by Crippen LogP contribution is -2.32. The van der Waals surface area contributed by atoms with Crippen molar-refractivity contribution in [2.24, 2.45) is 0 Å². The number of rotatable bonds is 9. The van der Waals surface area contributed by atoms with Crippen LogP contribution in [-0.4, -0.2) is 49.7 Å². The van der Waals surface area contributed by atoms with Crippen LogP contribution >= 0.6 is 11.3 Å². The molecule has 1 heterocycles. The first kappa shape index (κ1) is 14.5. The van der Waals surface area contributed by atoms with Crippen molar-refractivity contribution in [2.45, 2.75) is 19.1 Å². The van der Waals surface area contributed by atoms with Gasteiger partial charge in [0.05, 0.1) is 32.0 Å². The second-order valence-electron chi connectivity index (χ2n) is 3.72. The normalized spacial score (nSPS) is 14.8. The van der Waals surface area contributed by atoms with Crippen LogP contribution in [0.5, 0.6) is 0 Å². The molecule has 0 radical (unpaired) electrons. The molecule has 0 spiro atoms. The van der Waals surface area contributed by atoms with Crippen LogP contribution in [0.1, 0.15) is 18.0 Å². The predicted octanol–water partition coefficient (Wildman–Crippen LogP) is 0.818. The smallest absolute Gasteiger partial charge is 0.109 e. The van der Waals surface area contributed by atoms with Gasteiger partial charge < -0.3 is 19.9 Å². The summed E-state index contributed by atoms with van der Waals surface area (Å²) in [6.07, 6.45) is 1.27. The van der Waals surface area contributed by atoms with Gasteiger partial charge in [-0.25, -0.2) is 4.98 Å². The number of ether oxygens (including phenoxy) is 2. The van der Waals surface area contributed by atoms with Gasteiger partial charge in [0.2, 0.25) is 0 Å². The maximum atomic E-state index is 9.65. The van der Waals surface area contributed by atoms with Crippen LogP contribution in [-0.2, 0) is 9.47 Å². The monoisotopic (exact) mass is 260 g/mol. The minimum atomic E-state index is -0.505. The second-order valence-corrected chi connectivity index (χ2v) is 4.65. The van der Waals surface area contributed by atoms with Gasteiger partial charge in [-0.2, -0.15) is 0 Å². The molecule has 98 valence electrons. The van der Waals surface area contributed by atoms with E-state index in [4.69, 9.17) is 9.47 Å². The van der Waals surface area contributed by atoms with E-state index in [1.54, 1.807) is 24.6 Å². The van der Waals surface area contributed by atoms with Crippen molar-refractivity contribution in [1.29, 1.82) is 0 Å². The number of aliphatic hydroxyl groups is 1. The highest BCUT2D eigenvalue weighted by Crippen LogP contribution is 2.14. The van der Waals surface area contributed by atoms with Gasteiger partial charge in [0.25, 0.3) is 0 Å². The highest BCUT2D eigenvalue weighted by Gasteiger charge is 2.10. The molecule has 1 aromatic heterocycles. The van der Waals surface area contributed by atoms with Gasteiger partial charge in [0, 0.05) is 25.2 Å². The van der Waals surface area contributed by atoms with E-state index < -0.39 is 6.10 Å². The average molecular weight is 260 g/mol. The first-order chi connectivity index (χ1) is 8.24. The van der Waals surface area contributed by atoms with E-state index in [0.29, 0.717) is 26.4 Å². The molecule has 2 unspecified atom stereocenters. The quantitative estimate of drug-likeness (QED) is 0.644. The third-order valence-corrected chi connectivity index (χ3v) is 3.18. The highest BCUT2D eigenvalue weighted by molar-refractivity contribution is 7.09. The number of nitrogens with zero attached hydrogens (tertiary/aromatic N) is 1. The summed E-state index contributed by atoms with van der Waals surface area (Å²) in [4.78, 5) is 4.21. The molecule has 2 N–H and O–H groups in total. The number of nitrogens with one attached hydrogen (secondary N) is 1. The number of thiazole rings is 1. The van der Waals surface area contributed by atoms with Crippen LogP contribution in [0.15, 0.2) is 11.6 Å². The Bertz CT molecular complexity index is 282. The van der Waals surface area contributed by atoms with Gasteiger partial charge in [0.15, 0.2) is 0 Å². The van der Waals surface area contributed by atoms with E-state index in [9.17, 15) is 5.11 Å². The standard InChI is InChI=1S/C11H20N2O3S/c1-9(11-12-3-6-17-11)13-7-10(14)8-16-5-4-15-2/h3,6,9-10,13-14H,4-5,7-8H2,1-2H3. The Morgan fingerprint density at radius 1 is 1.53 bits per heavy atom. The van der Waals surface area contributed by atoms with Crippen molar-refractivity contribution in [1.82, 2.24) is 10.3 Å². The van der Waals surface area contributed by atoms with E-state index in [2.05, 4.69) is 10.3 Å². The summed E-state index contributed by atoms with van der Waals surface area (Å²) in [7, 11) is 1.62. The largest absolute Gasteiger partial charge is 0.389 e. The zero-order valence-corrected chi connectivity index (χ0v) is 11.1. The summed E-state index contributed by atoms with van der Waals surface area (Å²) < 4.78 is 10.1. The Hall–Kier alpha value is -0.530. The molecule has 0 fully saturated rings. The maximum absolute atomic E-state index is 9.65. The van der Waals surface area contributed by atoms with Crippen LogP contribution in [0.3, 0.4) is 0 Å². The third-order valence-electron chi connectivity index (χ3n) is 2.22. The summed E-state index contributed by atoms with van der Waals surface area (Å²) in [6.45, 7) is 3.90. The molecule has 17 heavy (non-hydrogen) atoms. The van der Waals surface area contributed by atoms with E-state index in [1.807, 2.05) is 12.3 Å². The zero-order valence-electron chi connectivity index (χ0n) is 10.3. The molecule has 5 nitrogen and oxygen atoms in total. The van der Waals surface area contributed by atoms with Gasteiger partial charge in [-0.15, -0.1) is 11.3 Å². The first-order valence-corrected chi connectivity index (χ1v) is 6.49. The van der Waals surface area contributed by atoms with Crippen LogP contribution in [0.2, 0.25) is 0 Å². The van der Waals surface area contributed by atoms with E-state index in [0.717, 1.165) is 5.01 Å². The molecule has 0 amide bonds. The average Bonchev–Trinajstić information content (AvgIpc) is 2.85. The number of methoxy groups -OCH3 is 1. The molecular weight excluding hydrogens is 240 g/mol. The third kappa shape index (κ3) is 6.09. The van der Waals surface area contributed by atoms with E-state index in [-0.39, 0.29) is 6.04 Å². The van der Waals surface area contributed by atoms with Gasteiger partial charge in [-0.05, 0) is 6.92 Å². The summed E-state index contributed by atoms with van der Waals surface area (Å²) in [6, 6.07) is 0.156. The van der Waals surface area contributed by atoms with Crippen LogP contribution in [0.4, 0.5) is 0 Å². The SMILES string of the molecule is COCCOCC(O)CNC(C)c1nccs1. The Labute approximate surface area is 106 Å². The van der Waals surface area contributed by atoms with Gasteiger partial charge in [-0.3, -0.25) is 0 Å². The van der Waals surface area contributed by atoms with Crippen molar-refractivity contribution >= 4 is 11.3 Å². The zero-order chi connectivity index (χ0) is 12.5. The molecule has 0 aromatic carbocycles. The second kappa shape index (κ2) is 8.54. The van der Waals surface area contributed by atoms with Gasteiger partial charge >= 0.3 is 0 Å². The Morgan fingerprint density at radius 3 is 3.00 bits per heavy atom. The fraction of sp³-hybridized carbons (Fsp3) is 0.727. The lowest BCUT2D eigenvalue weighted by Gasteiger charge is -2.15. The molecular formula is C11H20N2O3S. The molecule has 0 aliphatic rings. The van der Waals surface area contributed by atoms with Crippen molar-refractivity contribution in [3.63, 3.8) is 0 Å². The fourth-order valence-corrected chi connectivity index (χ4v) is 1.94. The molecule has 2 atom stereocenters. The molecule has 0 saturated carbocycles. The van der Waals surface area contributed by atoms with Gasteiger partial charge in [0.1, 0.15) is 5.01 Å². The summed E-state index contributed by atoms with van der Waals surface area (Å²) in [5.74, 6) is 0. The fourth-order valence-electron chi connectivity index (χ4n) is 1.27. The number of aliphatic hydroxyl groups excluding tert-OH is 1. The molecule has 0 aliphatic carbocycles. The highest BCUT2D eigenvalue weighted by atomic mass is 32.1. The summed E-state index contributed by atoms with van der Waals surface area (Å²) in [5.41, 5.74) is 0. The Kier molecular flexibility index (Phi) is 7.30. The van der Waals surface area contributed by atoms with Crippen molar-refractivity contribution in [2.75, 3.05) is 33.5 Å². The molecule has 0 bridgehead atoms. The summed E-state index contributed by atoms with van der Waals surface area (Å²) in [5, 5.41) is 15.8. The van der Waals surface area contributed by atoms with Crippen LogP contribution in [0.25, 0.3) is 0 Å². The lowest BCUT2D eigenvalue weighted by molar-refractivity contribution is 0.0130. The Balaban J connectivity index is 2.09. The molecule has 1 aromatic rings. The van der Waals surface area contributed by atoms with Crippen molar-refractivity contribution in [3.05, 3.63) is 16.6 Å². The Morgan fingerprint density at radius 2 is 2.35 bits per heavy atom. The number of hydrogen-bond donors (Lipinski definition) is 2. The van der Waals surface area contributed by atoms with Crippen LogP contribution in [0, 0.1) is 0 Å². The maximum Gasteiger partial charge on any atom is 0.109 e. The lowest BCUT2D eigenvalue weighted by atomic mass is 10.3. The van der Waals surface area contributed by atoms with Crippen molar-refractivity contribution < 1.29 is 14.6 Å². The van der Waals surface area contributed by atoms with Crippen LogP contribution < -0.4 is 5.32 Å². The van der Waals surface area contributed by atoms with Gasteiger partial charge in [-0.1, -0.05) is 0 Å². The van der Waals surface area contributed by atoms with E-state index >= 15 is 0 Å². The molecule has 0 aliphatic heterocycles. The predicted molar refractivity (Wildman–Crippen MR) is 67.2 cm³/mol.